The summed E-state index contributed by atoms with van der Waals surface area (Å²) >= 11 is 0. The van der Waals surface area contributed by atoms with E-state index in [9.17, 15) is 9.59 Å². The summed E-state index contributed by atoms with van der Waals surface area (Å²) in [6.45, 7) is 2.89. The highest BCUT2D eigenvalue weighted by Gasteiger charge is 2.26. The maximum atomic E-state index is 12.0. The summed E-state index contributed by atoms with van der Waals surface area (Å²) in [4.78, 5) is 28.3. The van der Waals surface area contributed by atoms with Crippen LogP contribution in [0.5, 0.6) is 0 Å². The van der Waals surface area contributed by atoms with Crippen LogP contribution in [0.1, 0.15) is 35.7 Å². The third kappa shape index (κ3) is 2.85. The SMILES string of the molecule is Cc1nc(C(=O)N2CCC(CC(=O)O)CC2)n[nH]1. The molecule has 7 heteroatoms. The molecule has 1 aromatic heterocycles. The fourth-order valence-corrected chi connectivity index (χ4v) is 2.17. The number of aromatic nitrogens is 3. The van der Waals surface area contributed by atoms with Gasteiger partial charge in [-0.1, -0.05) is 0 Å². The molecule has 1 fully saturated rings. The first kappa shape index (κ1) is 12.5. The van der Waals surface area contributed by atoms with E-state index in [-0.39, 0.29) is 24.1 Å². The van der Waals surface area contributed by atoms with Crippen molar-refractivity contribution >= 4 is 11.9 Å². The Morgan fingerprint density at radius 1 is 1.44 bits per heavy atom. The summed E-state index contributed by atoms with van der Waals surface area (Å²) in [6.07, 6.45) is 1.63. The molecule has 2 rings (SSSR count). The maximum Gasteiger partial charge on any atom is 0.303 e. The van der Waals surface area contributed by atoms with Gasteiger partial charge in [-0.2, -0.15) is 0 Å². The average molecular weight is 252 g/mol. The molecule has 18 heavy (non-hydrogen) atoms. The lowest BCUT2D eigenvalue weighted by Gasteiger charge is -2.30. The molecule has 1 aromatic rings. The molecule has 2 N–H and O–H groups in total. The standard InChI is InChI=1S/C11H16N4O3/c1-7-12-10(14-13-7)11(18)15-4-2-8(3-5-15)6-9(16)17/h8H,2-6H2,1H3,(H,16,17)(H,12,13,14). The highest BCUT2D eigenvalue weighted by Crippen LogP contribution is 2.21. The van der Waals surface area contributed by atoms with E-state index in [0.717, 1.165) is 12.8 Å². The molecule has 0 unspecified atom stereocenters. The number of carboxylic acids is 1. The molecule has 0 bridgehead atoms. The van der Waals surface area contributed by atoms with E-state index in [1.807, 2.05) is 0 Å². The Hall–Kier alpha value is -1.92. The van der Waals surface area contributed by atoms with Crippen LogP contribution in [0.15, 0.2) is 0 Å². The van der Waals surface area contributed by atoms with Crippen LogP contribution in [0.25, 0.3) is 0 Å². The van der Waals surface area contributed by atoms with Crippen LogP contribution in [-0.4, -0.2) is 50.2 Å². The minimum atomic E-state index is -0.774. The first-order chi connectivity index (χ1) is 8.56. The van der Waals surface area contributed by atoms with Gasteiger partial charge in [-0.15, -0.1) is 5.10 Å². The maximum absolute atomic E-state index is 12.0. The van der Waals surface area contributed by atoms with Gasteiger partial charge in [0.15, 0.2) is 0 Å². The van der Waals surface area contributed by atoms with E-state index in [1.54, 1.807) is 11.8 Å². The van der Waals surface area contributed by atoms with Crippen molar-refractivity contribution in [1.29, 1.82) is 0 Å². The first-order valence-corrected chi connectivity index (χ1v) is 5.96. The Balaban J connectivity index is 1.90. The van der Waals surface area contributed by atoms with Gasteiger partial charge < -0.3 is 10.0 Å². The lowest BCUT2D eigenvalue weighted by Crippen LogP contribution is -2.39. The number of rotatable bonds is 3. The Bertz CT molecular complexity index is 449. The predicted octanol–water partition coefficient (Wildman–Crippen LogP) is 0.440. The summed E-state index contributed by atoms with van der Waals surface area (Å²) in [5.74, 6) is 0.00113. The number of aliphatic carboxylic acids is 1. The van der Waals surface area contributed by atoms with Gasteiger partial charge in [0, 0.05) is 19.5 Å². The fraction of sp³-hybridized carbons (Fsp3) is 0.636. The highest BCUT2D eigenvalue weighted by molar-refractivity contribution is 5.90. The van der Waals surface area contributed by atoms with E-state index in [0.29, 0.717) is 18.9 Å². The number of H-pyrrole nitrogens is 1. The highest BCUT2D eigenvalue weighted by atomic mass is 16.4. The van der Waals surface area contributed by atoms with E-state index in [1.165, 1.54) is 0 Å². The zero-order valence-electron chi connectivity index (χ0n) is 10.2. The van der Waals surface area contributed by atoms with Gasteiger partial charge in [0.2, 0.25) is 5.82 Å². The lowest BCUT2D eigenvalue weighted by atomic mass is 9.93. The number of likely N-dealkylation sites (tertiary alicyclic amines) is 1. The van der Waals surface area contributed by atoms with Crippen LogP contribution in [-0.2, 0) is 4.79 Å². The van der Waals surface area contributed by atoms with Crippen molar-refractivity contribution in [3.63, 3.8) is 0 Å². The molecule has 1 saturated heterocycles. The average Bonchev–Trinajstić information content (AvgIpc) is 2.75. The molecule has 7 nitrogen and oxygen atoms in total. The number of piperidine rings is 1. The number of aromatic amines is 1. The molecule has 0 radical (unpaired) electrons. The summed E-state index contributed by atoms with van der Waals surface area (Å²) in [5.41, 5.74) is 0. The second-order valence-corrected chi connectivity index (χ2v) is 4.58. The molecule has 1 aliphatic rings. The molecule has 0 atom stereocenters. The second-order valence-electron chi connectivity index (χ2n) is 4.58. The number of amides is 1. The molecule has 1 amide bonds. The molecular weight excluding hydrogens is 236 g/mol. The van der Waals surface area contributed by atoms with Crippen LogP contribution in [0.2, 0.25) is 0 Å². The number of aryl methyl sites for hydroxylation is 1. The molecule has 0 spiro atoms. The fourth-order valence-electron chi connectivity index (χ4n) is 2.17. The summed E-state index contributed by atoms with van der Waals surface area (Å²) in [5, 5.41) is 15.2. The Kier molecular flexibility index (Phi) is 3.59. The minimum Gasteiger partial charge on any atom is -0.481 e. The molecule has 0 saturated carbocycles. The lowest BCUT2D eigenvalue weighted by molar-refractivity contribution is -0.138. The van der Waals surface area contributed by atoms with E-state index in [2.05, 4.69) is 15.2 Å². The zero-order chi connectivity index (χ0) is 13.1. The normalized spacial score (nSPS) is 16.8. The number of nitrogens with zero attached hydrogens (tertiary/aromatic N) is 3. The predicted molar refractivity (Wildman–Crippen MR) is 62.0 cm³/mol. The quantitative estimate of drug-likeness (QED) is 0.813. The van der Waals surface area contributed by atoms with Crippen molar-refractivity contribution in [3.05, 3.63) is 11.6 Å². The number of hydrogen-bond acceptors (Lipinski definition) is 4. The summed E-state index contributed by atoms with van der Waals surface area (Å²) in [6, 6.07) is 0. The van der Waals surface area contributed by atoms with Gasteiger partial charge in [0.25, 0.3) is 5.91 Å². The van der Waals surface area contributed by atoms with Gasteiger partial charge in [0.1, 0.15) is 5.82 Å². The van der Waals surface area contributed by atoms with E-state index in [4.69, 9.17) is 5.11 Å². The molecule has 98 valence electrons. The van der Waals surface area contributed by atoms with Crippen LogP contribution < -0.4 is 0 Å². The van der Waals surface area contributed by atoms with Gasteiger partial charge in [-0.05, 0) is 25.7 Å². The summed E-state index contributed by atoms with van der Waals surface area (Å²) < 4.78 is 0. The second kappa shape index (κ2) is 5.16. The number of nitrogens with one attached hydrogen (secondary N) is 1. The smallest absolute Gasteiger partial charge is 0.303 e. The third-order valence-electron chi connectivity index (χ3n) is 3.15. The van der Waals surface area contributed by atoms with Crippen LogP contribution >= 0.6 is 0 Å². The largest absolute Gasteiger partial charge is 0.481 e. The summed E-state index contributed by atoms with van der Waals surface area (Å²) in [7, 11) is 0. The van der Waals surface area contributed by atoms with Crippen molar-refractivity contribution in [2.75, 3.05) is 13.1 Å². The van der Waals surface area contributed by atoms with Gasteiger partial charge in [-0.25, -0.2) is 4.98 Å². The first-order valence-electron chi connectivity index (χ1n) is 5.96. The Morgan fingerprint density at radius 2 is 2.11 bits per heavy atom. The van der Waals surface area contributed by atoms with Gasteiger partial charge in [-0.3, -0.25) is 14.7 Å². The molecule has 0 aromatic carbocycles. The van der Waals surface area contributed by atoms with E-state index >= 15 is 0 Å². The number of carbonyl (C=O) groups excluding carboxylic acids is 1. The van der Waals surface area contributed by atoms with Crippen molar-refractivity contribution in [1.82, 2.24) is 20.1 Å². The Morgan fingerprint density at radius 3 is 2.61 bits per heavy atom. The van der Waals surface area contributed by atoms with Gasteiger partial charge in [0.05, 0.1) is 0 Å². The molecule has 1 aliphatic heterocycles. The van der Waals surface area contributed by atoms with Crippen LogP contribution in [0.3, 0.4) is 0 Å². The van der Waals surface area contributed by atoms with Gasteiger partial charge >= 0.3 is 5.97 Å². The topological polar surface area (TPSA) is 99.2 Å². The van der Waals surface area contributed by atoms with Crippen molar-refractivity contribution in [3.8, 4) is 0 Å². The minimum absolute atomic E-state index is 0.167. The van der Waals surface area contributed by atoms with Crippen molar-refractivity contribution in [2.45, 2.75) is 26.2 Å². The van der Waals surface area contributed by atoms with Crippen LogP contribution in [0, 0.1) is 12.8 Å². The molecule has 2 heterocycles. The number of carboxylic acid groups (broad SMARTS) is 1. The van der Waals surface area contributed by atoms with Crippen molar-refractivity contribution < 1.29 is 14.7 Å². The van der Waals surface area contributed by atoms with Crippen molar-refractivity contribution in [2.24, 2.45) is 5.92 Å². The molecular formula is C11H16N4O3. The number of carbonyl (C=O) groups is 2. The van der Waals surface area contributed by atoms with E-state index < -0.39 is 5.97 Å². The third-order valence-corrected chi connectivity index (χ3v) is 3.15. The van der Waals surface area contributed by atoms with Crippen LogP contribution in [0.4, 0.5) is 0 Å². The molecule has 0 aliphatic carbocycles. The number of hydrogen-bond donors (Lipinski definition) is 2. The Labute approximate surface area is 104 Å². The monoisotopic (exact) mass is 252 g/mol. The zero-order valence-corrected chi connectivity index (χ0v) is 10.2.